The third-order valence-corrected chi connectivity index (χ3v) is 6.36. The minimum Gasteiger partial charge on any atom is -0.362 e. The van der Waals surface area contributed by atoms with Crippen LogP contribution in [0.15, 0.2) is 47.8 Å². The predicted molar refractivity (Wildman–Crippen MR) is 119 cm³/mol. The molecule has 0 N–H and O–H groups in total. The molecule has 1 aromatic heterocycles. The van der Waals surface area contributed by atoms with Gasteiger partial charge in [-0.1, -0.05) is 23.7 Å². The summed E-state index contributed by atoms with van der Waals surface area (Å²) in [7, 11) is 0. The molecule has 1 saturated heterocycles. The Morgan fingerprint density at radius 3 is 2.36 bits per heavy atom. The number of halogens is 4. The van der Waals surface area contributed by atoms with Gasteiger partial charge < -0.3 is 9.80 Å². The molecule has 1 aliphatic heterocycles. The zero-order chi connectivity index (χ0) is 23.8. The van der Waals surface area contributed by atoms with Crippen molar-refractivity contribution < 1.29 is 22.9 Å². The number of rotatable bonds is 4. The molecule has 0 saturated carbocycles. The van der Waals surface area contributed by atoms with E-state index in [1.807, 2.05) is 12.1 Å². The summed E-state index contributed by atoms with van der Waals surface area (Å²) < 4.78 is 38.8. The van der Waals surface area contributed by atoms with Crippen molar-refractivity contribution in [2.24, 2.45) is 0 Å². The van der Waals surface area contributed by atoms with E-state index < -0.39 is 22.4 Å². The van der Waals surface area contributed by atoms with Gasteiger partial charge in [0.05, 0.1) is 10.5 Å². The summed E-state index contributed by atoms with van der Waals surface area (Å²) in [5.74, 6) is -0.270. The topological polar surface area (TPSA) is 79.6 Å². The van der Waals surface area contributed by atoms with Crippen molar-refractivity contribution in [1.82, 2.24) is 9.88 Å². The number of aromatic nitrogens is 1. The van der Waals surface area contributed by atoms with Gasteiger partial charge in [0.15, 0.2) is 0 Å². The van der Waals surface area contributed by atoms with Gasteiger partial charge in [-0.15, -0.1) is 11.3 Å². The highest BCUT2D eigenvalue weighted by Crippen LogP contribution is 2.37. The molecule has 12 heteroatoms. The van der Waals surface area contributed by atoms with Crippen LogP contribution in [0.25, 0.3) is 10.6 Å². The first-order chi connectivity index (χ1) is 15.6. The number of benzene rings is 2. The second-order valence-corrected chi connectivity index (χ2v) is 8.58. The number of alkyl halides is 3. The monoisotopic (exact) mass is 496 g/mol. The molecular formula is C21H16ClF3N4O3S. The minimum absolute atomic E-state index is 0.0961. The van der Waals surface area contributed by atoms with Crippen LogP contribution < -0.4 is 4.90 Å². The smallest absolute Gasteiger partial charge is 0.362 e. The molecule has 7 nitrogen and oxygen atoms in total. The maximum Gasteiger partial charge on any atom is 0.416 e. The zero-order valence-electron chi connectivity index (χ0n) is 16.9. The van der Waals surface area contributed by atoms with Gasteiger partial charge in [-0.25, -0.2) is 4.98 Å². The molecule has 0 bridgehead atoms. The first-order valence-electron chi connectivity index (χ1n) is 9.75. The Kier molecular flexibility index (Phi) is 6.26. The molecule has 4 rings (SSSR count). The normalized spacial score (nSPS) is 14.4. The number of nitrogens with zero attached hydrogens (tertiary/aromatic N) is 4. The van der Waals surface area contributed by atoms with Crippen LogP contribution in [-0.4, -0.2) is 46.9 Å². The van der Waals surface area contributed by atoms with Gasteiger partial charge >= 0.3 is 6.18 Å². The fourth-order valence-corrected chi connectivity index (χ4v) is 4.45. The van der Waals surface area contributed by atoms with Crippen LogP contribution in [0.4, 0.5) is 24.5 Å². The van der Waals surface area contributed by atoms with Crippen LogP contribution in [0.2, 0.25) is 5.02 Å². The summed E-state index contributed by atoms with van der Waals surface area (Å²) >= 11 is 7.23. The molecule has 1 amide bonds. The van der Waals surface area contributed by atoms with Gasteiger partial charge in [0.1, 0.15) is 16.4 Å². The van der Waals surface area contributed by atoms with Crippen LogP contribution in [0.3, 0.4) is 0 Å². The zero-order valence-corrected chi connectivity index (χ0v) is 18.5. The molecule has 0 aliphatic carbocycles. The molecule has 0 radical (unpaired) electrons. The molecule has 172 valence electrons. The van der Waals surface area contributed by atoms with E-state index >= 15 is 0 Å². The number of piperazine rings is 1. The van der Waals surface area contributed by atoms with Gasteiger partial charge in [0.25, 0.3) is 11.6 Å². The molecule has 0 spiro atoms. The number of nitro benzene ring substituents is 1. The number of hydrogen-bond donors (Lipinski definition) is 0. The summed E-state index contributed by atoms with van der Waals surface area (Å²) in [4.78, 5) is 31.0. The van der Waals surface area contributed by atoms with Crippen molar-refractivity contribution in [3.63, 3.8) is 0 Å². The quantitative estimate of drug-likeness (QED) is 0.359. The number of amides is 1. The summed E-state index contributed by atoms with van der Waals surface area (Å²) in [6.45, 7) is 0.994. The molecule has 0 atom stereocenters. The van der Waals surface area contributed by atoms with E-state index in [-0.39, 0.29) is 37.8 Å². The molecule has 0 unspecified atom stereocenters. The highest BCUT2D eigenvalue weighted by atomic mass is 35.5. The highest BCUT2D eigenvalue weighted by Gasteiger charge is 2.34. The number of nitro groups is 1. The molecule has 33 heavy (non-hydrogen) atoms. The molecule has 1 aliphatic rings. The number of carbonyl (C=O) groups is 1. The maximum atomic E-state index is 12.9. The number of hydrogen-bond acceptors (Lipinski definition) is 6. The van der Waals surface area contributed by atoms with Crippen molar-refractivity contribution in [3.05, 3.63) is 74.2 Å². The van der Waals surface area contributed by atoms with E-state index in [1.165, 1.54) is 11.3 Å². The molecule has 3 aromatic rings. The molecule has 1 fully saturated rings. The van der Waals surface area contributed by atoms with Crippen LogP contribution in [-0.2, 0) is 6.18 Å². The first-order valence-corrected chi connectivity index (χ1v) is 11.0. The maximum absolute atomic E-state index is 12.9. The summed E-state index contributed by atoms with van der Waals surface area (Å²) in [5.41, 5.74) is -0.468. The average molecular weight is 497 g/mol. The second kappa shape index (κ2) is 8.99. The molecule has 2 heterocycles. The molecule has 2 aromatic carbocycles. The summed E-state index contributed by atoms with van der Waals surface area (Å²) in [5, 5.41) is 14.3. The number of anilines is 1. The third kappa shape index (κ3) is 4.93. The van der Waals surface area contributed by atoms with Crippen molar-refractivity contribution in [3.8, 4) is 10.6 Å². The first kappa shape index (κ1) is 23.0. The Labute approximate surface area is 195 Å². The van der Waals surface area contributed by atoms with E-state index in [9.17, 15) is 28.1 Å². The fraction of sp³-hybridized carbons (Fsp3) is 0.238. The number of carbonyl (C=O) groups excluding carboxylic acids is 1. The summed E-state index contributed by atoms with van der Waals surface area (Å²) in [6, 6.07) is 9.57. The minimum atomic E-state index is -4.67. The largest absolute Gasteiger partial charge is 0.416 e. The van der Waals surface area contributed by atoms with Gasteiger partial charge in [0.2, 0.25) is 0 Å². The van der Waals surface area contributed by atoms with Crippen LogP contribution in [0, 0.1) is 10.1 Å². The van der Waals surface area contributed by atoms with Gasteiger partial charge in [-0.2, -0.15) is 13.2 Å². The van der Waals surface area contributed by atoms with Crippen molar-refractivity contribution >= 4 is 40.2 Å². The lowest BCUT2D eigenvalue weighted by Crippen LogP contribution is -2.49. The lowest BCUT2D eigenvalue weighted by Gasteiger charge is -2.35. The van der Waals surface area contributed by atoms with Crippen LogP contribution in [0.1, 0.15) is 16.1 Å². The molecular weight excluding hydrogens is 481 g/mol. The Bertz CT molecular complexity index is 1190. The van der Waals surface area contributed by atoms with Crippen LogP contribution >= 0.6 is 22.9 Å². The lowest BCUT2D eigenvalue weighted by atomic mass is 10.1. The van der Waals surface area contributed by atoms with E-state index in [1.54, 1.807) is 27.3 Å². The number of thiazole rings is 1. The highest BCUT2D eigenvalue weighted by molar-refractivity contribution is 7.13. The average Bonchev–Trinajstić information content (AvgIpc) is 3.28. The van der Waals surface area contributed by atoms with E-state index in [4.69, 9.17) is 11.6 Å². The Morgan fingerprint density at radius 1 is 1.09 bits per heavy atom. The third-order valence-electron chi connectivity index (χ3n) is 5.22. The Hall–Kier alpha value is -3.18. The van der Waals surface area contributed by atoms with E-state index in [0.29, 0.717) is 21.8 Å². The summed E-state index contributed by atoms with van der Waals surface area (Å²) in [6.07, 6.45) is -4.67. The SMILES string of the molecule is O=C(c1csc(-c2ccc(Cl)cc2)n1)N1CCN(c2ccc(C(F)(F)F)cc2[N+](=O)[O-])CC1. The van der Waals surface area contributed by atoms with E-state index in [0.717, 1.165) is 17.7 Å². The van der Waals surface area contributed by atoms with Gasteiger partial charge in [-0.3, -0.25) is 14.9 Å². The van der Waals surface area contributed by atoms with Gasteiger partial charge in [-0.05, 0) is 24.3 Å². The predicted octanol–water partition coefficient (Wildman–Crippen LogP) is 5.35. The van der Waals surface area contributed by atoms with Crippen molar-refractivity contribution in [2.45, 2.75) is 6.18 Å². The van der Waals surface area contributed by atoms with E-state index in [2.05, 4.69) is 4.98 Å². The fourth-order valence-electron chi connectivity index (χ4n) is 3.52. The Balaban J connectivity index is 1.45. The Morgan fingerprint density at radius 2 is 1.76 bits per heavy atom. The van der Waals surface area contributed by atoms with Gasteiger partial charge in [0, 0.05) is 48.2 Å². The second-order valence-electron chi connectivity index (χ2n) is 7.28. The van der Waals surface area contributed by atoms with Crippen molar-refractivity contribution in [2.75, 3.05) is 31.1 Å². The van der Waals surface area contributed by atoms with Crippen LogP contribution in [0.5, 0.6) is 0 Å². The lowest BCUT2D eigenvalue weighted by molar-refractivity contribution is -0.384. The van der Waals surface area contributed by atoms with Crippen molar-refractivity contribution in [1.29, 1.82) is 0 Å². The standard InChI is InChI=1S/C21H16ClF3N4O3S/c22-15-4-1-13(2-5-15)19-26-16(12-33-19)20(30)28-9-7-27(8-10-28)17-6-3-14(21(23,24)25)11-18(17)29(31)32/h1-6,11-12H,7-10H2.